The summed E-state index contributed by atoms with van der Waals surface area (Å²) in [6.45, 7) is 6.94. The lowest BCUT2D eigenvalue weighted by Crippen LogP contribution is -2.48. The summed E-state index contributed by atoms with van der Waals surface area (Å²) in [5.41, 5.74) is -0.645. The third-order valence-electron chi connectivity index (χ3n) is 3.05. The van der Waals surface area contributed by atoms with Gasteiger partial charge >= 0.3 is 5.97 Å². The fourth-order valence-corrected chi connectivity index (χ4v) is 1.61. The molecule has 0 amide bonds. The zero-order valence-electron chi connectivity index (χ0n) is 13.2. The molecule has 20 heavy (non-hydrogen) atoms. The van der Waals surface area contributed by atoms with Gasteiger partial charge in [0, 0.05) is 13.7 Å². The number of likely N-dealkylation sites (N-methyl/N-ethyl adjacent to an activating group) is 1. The molecule has 0 aliphatic carbocycles. The van der Waals surface area contributed by atoms with Crippen LogP contribution in [0.1, 0.15) is 26.7 Å². The largest absolute Gasteiger partial charge is 0.465 e. The SMILES string of the molecule is CCOC(=O)C(C)(CCCOCCOCCOC)NC. The highest BCUT2D eigenvalue weighted by Crippen LogP contribution is 2.14. The first kappa shape index (κ1) is 19.3. The first-order valence-electron chi connectivity index (χ1n) is 7.11. The van der Waals surface area contributed by atoms with E-state index < -0.39 is 5.54 Å². The van der Waals surface area contributed by atoms with Gasteiger partial charge in [-0.1, -0.05) is 0 Å². The van der Waals surface area contributed by atoms with E-state index in [9.17, 15) is 4.79 Å². The smallest absolute Gasteiger partial charge is 0.326 e. The van der Waals surface area contributed by atoms with Crippen LogP contribution >= 0.6 is 0 Å². The highest BCUT2D eigenvalue weighted by atomic mass is 16.5. The van der Waals surface area contributed by atoms with Gasteiger partial charge in [-0.3, -0.25) is 4.79 Å². The molecule has 0 spiro atoms. The average Bonchev–Trinajstić information content (AvgIpc) is 2.45. The molecule has 1 atom stereocenters. The van der Waals surface area contributed by atoms with Crippen molar-refractivity contribution in [3.05, 3.63) is 0 Å². The van der Waals surface area contributed by atoms with E-state index in [1.165, 1.54) is 0 Å². The van der Waals surface area contributed by atoms with Crippen molar-refractivity contribution in [1.82, 2.24) is 5.32 Å². The van der Waals surface area contributed by atoms with Gasteiger partial charge in [-0.05, 0) is 33.7 Å². The molecular formula is C14H29NO5. The second-order valence-electron chi connectivity index (χ2n) is 4.62. The molecule has 1 N–H and O–H groups in total. The fraction of sp³-hybridized carbons (Fsp3) is 0.929. The second kappa shape index (κ2) is 12.1. The van der Waals surface area contributed by atoms with Crippen LogP contribution in [0.4, 0.5) is 0 Å². The molecule has 1 unspecified atom stereocenters. The summed E-state index contributed by atoms with van der Waals surface area (Å²) in [7, 11) is 3.41. The van der Waals surface area contributed by atoms with Gasteiger partial charge in [-0.25, -0.2) is 0 Å². The molecule has 6 heteroatoms. The molecule has 0 aromatic rings. The van der Waals surface area contributed by atoms with E-state index >= 15 is 0 Å². The van der Waals surface area contributed by atoms with Crippen molar-refractivity contribution in [3.63, 3.8) is 0 Å². The van der Waals surface area contributed by atoms with E-state index in [1.807, 2.05) is 6.92 Å². The van der Waals surface area contributed by atoms with Crippen molar-refractivity contribution in [2.75, 3.05) is 53.8 Å². The van der Waals surface area contributed by atoms with Crippen molar-refractivity contribution in [3.8, 4) is 0 Å². The molecule has 0 saturated heterocycles. The van der Waals surface area contributed by atoms with Gasteiger partial charge < -0.3 is 24.3 Å². The highest BCUT2D eigenvalue weighted by Gasteiger charge is 2.32. The van der Waals surface area contributed by atoms with Crippen LogP contribution < -0.4 is 5.32 Å². The lowest BCUT2D eigenvalue weighted by Gasteiger charge is -2.26. The summed E-state index contributed by atoms with van der Waals surface area (Å²) in [6, 6.07) is 0. The monoisotopic (exact) mass is 291 g/mol. The number of hydrogen-bond donors (Lipinski definition) is 1. The Morgan fingerprint density at radius 1 is 1.10 bits per heavy atom. The summed E-state index contributed by atoms with van der Waals surface area (Å²) in [5, 5.41) is 3.02. The quantitative estimate of drug-likeness (QED) is 0.403. The molecule has 120 valence electrons. The molecule has 0 aliphatic heterocycles. The van der Waals surface area contributed by atoms with Gasteiger partial charge in [0.1, 0.15) is 5.54 Å². The summed E-state index contributed by atoms with van der Waals surface area (Å²) < 4.78 is 20.6. The highest BCUT2D eigenvalue weighted by molar-refractivity contribution is 5.80. The van der Waals surface area contributed by atoms with Gasteiger partial charge in [0.25, 0.3) is 0 Å². The minimum atomic E-state index is -0.645. The molecule has 0 bridgehead atoms. The minimum Gasteiger partial charge on any atom is -0.465 e. The van der Waals surface area contributed by atoms with Gasteiger partial charge in [0.05, 0.1) is 33.0 Å². The average molecular weight is 291 g/mol. The predicted octanol–water partition coefficient (Wildman–Crippen LogP) is 0.987. The third-order valence-corrected chi connectivity index (χ3v) is 3.05. The summed E-state index contributed by atoms with van der Waals surface area (Å²) in [6.07, 6.45) is 1.46. The maximum Gasteiger partial charge on any atom is 0.326 e. The van der Waals surface area contributed by atoms with Crippen molar-refractivity contribution >= 4 is 5.97 Å². The molecule has 0 radical (unpaired) electrons. The number of nitrogens with one attached hydrogen (secondary N) is 1. The number of ether oxygens (including phenoxy) is 4. The first-order chi connectivity index (χ1) is 9.60. The van der Waals surface area contributed by atoms with Crippen LogP contribution in [-0.2, 0) is 23.7 Å². The van der Waals surface area contributed by atoms with Gasteiger partial charge in [-0.15, -0.1) is 0 Å². The van der Waals surface area contributed by atoms with Crippen LogP contribution in [0.25, 0.3) is 0 Å². The van der Waals surface area contributed by atoms with Crippen molar-refractivity contribution in [1.29, 1.82) is 0 Å². The Hall–Kier alpha value is -0.690. The second-order valence-corrected chi connectivity index (χ2v) is 4.62. The zero-order valence-corrected chi connectivity index (χ0v) is 13.2. The Labute approximate surface area is 122 Å². The Morgan fingerprint density at radius 3 is 2.25 bits per heavy atom. The number of carbonyl (C=O) groups is 1. The van der Waals surface area contributed by atoms with Gasteiger partial charge in [-0.2, -0.15) is 0 Å². The normalized spacial score (nSPS) is 14.0. The van der Waals surface area contributed by atoms with Crippen LogP contribution in [0, 0.1) is 0 Å². The van der Waals surface area contributed by atoms with E-state index in [4.69, 9.17) is 18.9 Å². The van der Waals surface area contributed by atoms with Crippen molar-refractivity contribution in [2.24, 2.45) is 0 Å². The lowest BCUT2D eigenvalue weighted by molar-refractivity contribution is -0.150. The minimum absolute atomic E-state index is 0.217. The summed E-state index contributed by atoms with van der Waals surface area (Å²) in [5.74, 6) is -0.217. The molecule has 0 aromatic carbocycles. The van der Waals surface area contributed by atoms with Crippen LogP contribution in [0.2, 0.25) is 0 Å². The zero-order chi connectivity index (χ0) is 15.3. The molecule has 0 heterocycles. The Balaban J connectivity index is 3.63. The molecule has 0 fully saturated rings. The first-order valence-corrected chi connectivity index (χ1v) is 7.11. The maximum atomic E-state index is 11.8. The molecule has 0 rings (SSSR count). The summed E-state index contributed by atoms with van der Waals surface area (Å²) in [4.78, 5) is 11.8. The van der Waals surface area contributed by atoms with Crippen LogP contribution in [0.15, 0.2) is 0 Å². The van der Waals surface area contributed by atoms with Crippen molar-refractivity contribution in [2.45, 2.75) is 32.2 Å². The van der Waals surface area contributed by atoms with Crippen molar-refractivity contribution < 1.29 is 23.7 Å². The number of esters is 1. The Bertz CT molecular complexity index is 250. The number of hydrogen-bond acceptors (Lipinski definition) is 6. The molecule has 0 aromatic heterocycles. The third kappa shape index (κ3) is 8.47. The van der Waals surface area contributed by atoms with E-state index in [-0.39, 0.29) is 5.97 Å². The van der Waals surface area contributed by atoms with E-state index in [2.05, 4.69) is 5.32 Å². The van der Waals surface area contributed by atoms with Crippen LogP contribution in [-0.4, -0.2) is 65.3 Å². The lowest BCUT2D eigenvalue weighted by atomic mass is 9.96. The maximum absolute atomic E-state index is 11.8. The molecule has 0 saturated carbocycles. The fourth-order valence-electron chi connectivity index (χ4n) is 1.61. The molecular weight excluding hydrogens is 262 g/mol. The number of carbonyl (C=O) groups excluding carboxylic acids is 1. The Morgan fingerprint density at radius 2 is 1.70 bits per heavy atom. The van der Waals surface area contributed by atoms with E-state index in [0.29, 0.717) is 46.1 Å². The van der Waals surface area contributed by atoms with E-state index in [1.54, 1.807) is 21.1 Å². The Kier molecular flexibility index (Phi) is 11.7. The predicted molar refractivity (Wildman–Crippen MR) is 76.8 cm³/mol. The van der Waals surface area contributed by atoms with Gasteiger partial charge in [0.2, 0.25) is 0 Å². The topological polar surface area (TPSA) is 66.0 Å². The standard InChI is InChI=1S/C14H29NO5/c1-5-20-13(16)14(2,15-3)7-6-8-18-11-12-19-10-9-17-4/h15H,5-12H2,1-4H3. The molecule has 0 aliphatic rings. The number of rotatable bonds is 13. The van der Waals surface area contributed by atoms with Crippen LogP contribution in [0.5, 0.6) is 0 Å². The van der Waals surface area contributed by atoms with Crippen LogP contribution in [0.3, 0.4) is 0 Å². The van der Waals surface area contributed by atoms with E-state index in [0.717, 1.165) is 6.42 Å². The molecule has 6 nitrogen and oxygen atoms in total. The number of methoxy groups -OCH3 is 1. The summed E-state index contributed by atoms with van der Waals surface area (Å²) >= 11 is 0. The van der Waals surface area contributed by atoms with Gasteiger partial charge in [0.15, 0.2) is 0 Å².